The summed E-state index contributed by atoms with van der Waals surface area (Å²) in [5.41, 5.74) is 5.31. The van der Waals surface area contributed by atoms with E-state index in [0.29, 0.717) is 11.4 Å². The van der Waals surface area contributed by atoms with Crippen LogP contribution in [0.25, 0.3) is 5.52 Å². The zero-order chi connectivity index (χ0) is 23.7. The second-order valence-electron chi connectivity index (χ2n) is 8.84. The lowest BCUT2D eigenvalue weighted by Gasteiger charge is -2.35. The maximum atomic E-state index is 13.5. The monoisotopic (exact) mass is 514 g/mol. The van der Waals surface area contributed by atoms with Crippen LogP contribution >= 0.6 is 15.9 Å². The number of ether oxygens (including phenoxy) is 1. The van der Waals surface area contributed by atoms with Gasteiger partial charge in [0, 0.05) is 47.6 Å². The summed E-state index contributed by atoms with van der Waals surface area (Å²) in [6, 6.07) is 4.43. The number of nitrogens with one attached hydrogen (secondary N) is 1. The van der Waals surface area contributed by atoms with Gasteiger partial charge in [-0.15, -0.1) is 0 Å². The number of aromatic nitrogens is 1. The summed E-state index contributed by atoms with van der Waals surface area (Å²) >= 11 is 3.56. The van der Waals surface area contributed by atoms with Crippen molar-refractivity contribution < 1.29 is 14.3 Å². The van der Waals surface area contributed by atoms with Crippen LogP contribution in [0.2, 0.25) is 0 Å². The predicted molar refractivity (Wildman–Crippen MR) is 133 cm³/mol. The van der Waals surface area contributed by atoms with Gasteiger partial charge in [-0.2, -0.15) is 0 Å². The Bertz CT molecular complexity index is 1140. The molecule has 2 aliphatic rings. The van der Waals surface area contributed by atoms with Crippen molar-refractivity contribution in [3.8, 4) is 0 Å². The molecule has 33 heavy (non-hydrogen) atoms. The van der Waals surface area contributed by atoms with Crippen molar-refractivity contribution in [1.29, 1.82) is 0 Å². The van der Waals surface area contributed by atoms with Gasteiger partial charge in [-0.05, 0) is 72.5 Å². The molecule has 1 N–H and O–H groups in total. The summed E-state index contributed by atoms with van der Waals surface area (Å²) in [4.78, 5) is 32.4. The Morgan fingerprint density at radius 2 is 2.00 bits per heavy atom. The van der Waals surface area contributed by atoms with E-state index in [2.05, 4.69) is 44.1 Å². The molecule has 0 saturated carbocycles. The Balaban J connectivity index is 1.67. The van der Waals surface area contributed by atoms with Crippen LogP contribution in [0.4, 0.5) is 0 Å². The number of pyridine rings is 1. The van der Waals surface area contributed by atoms with Crippen LogP contribution in [-0.2, 0) is 9.53 Å². The van der Waals surface area contributed by atoms with Crippen molar-refractivity contribution in [3.05, 3.63) is 51.3 Å². The van der Waals surface area contributed by atoms with Gasteiger partial charge < -0.3 is 14.5 Å². The van der Waals surface area contributed by atoms with Crippen molar-refractivity contribution in [2.24, 2.45) is 10.9 Å². The summed E-state index contributed by atoms with van der Waals surface area (Å²) in [5.74, 6) is -0.818. The average Bonchev–Trinajstić information content (AvgIpc) is 3.14. The van der Waals surface area contributed by atoms with Crippen LogP contribution in [0.15, 0.2) is 39.4 Å². The standard InChI is InChI=1S/C25H31BrN4O3/c1-5-22(29-6-8-33-9-7-29)20-12-19-11-18(26)14-30(19)23(17(20)4)25(32)27-13-21-15(2)10-16(3)28-24(21)31/h10-12,14,21-22H,5-9,13H2,1-4H3,(H,27,32). The molecular weight excluding hydrogens is 484 g/mol. The first-order valence-electron chi connectivity index (χ1n) is 11.5. The van der Waals surface area contributed by atoms with Gasteiger partial charge in [0.15, 0.2) is 0 Å². The van der Waals surface area contributed by atoms with Gasteiger partial charge in [-0.1, -0.05) is 12.5 Å². The second-order valence-corrected chi connectivity index (χ2v) is 9.76. The molecule has 0 aliphatic carbocycles. The Morgan fingerprint density at radius 3 is 2.67 bits per heavy atom. The summed E-state index contributed by atoms with van der Waals surface area (Å²) in [6.07, 6.45) is 4.76. The molecule has 0 radical (unpaired) electrons. The average molecular weight is 515 g/mol. The van der Waals surface area contributed by atoms with E-state index in [1.165, 1.54) is 0 Å². The van der Waals surface area contributed by atoms with Crippen LogP contribution < -0.4 is 5.32 Å². The van der Waals surface area contributed by atoms with E-state index in [1.54, 1.807) is 0 Å². The first-order valence-corrected chi connectivity index (χ1v) is 12.3. The van der Waals surface area contributed by atoms with E-state index in [9.17, 15) is 9.59 Å². The largest absolute Gasteiger partial charge is 0.379 e. The molecule has 1 fully saturated rings. The molecular formula is C25H31BrN4O3. The van der Waals surface area contributed by atoms with Crippen molar-refractivity contribution in [3.63, 3.8) is 0 Å². The van der Waals surface area contributed by atoms with Crippen molar-refractivity contribution >= 4 is 39.0 Å². The molecule has 2 aromatic rings. The molecule has 0 spiro atoms. The van der Waals surface area contributed by atoms with Gasteiger partial charge in [-0.3, -0.25) is 14.5 Å². The number of halogens is 1. The SMILES string of the molecule is CCC(c1cc2cc(Br)cn2c(C(=O)NCC2C(=O)N=C(C)C=C2C)c1C)N1CCOCC1. The Hall–Kier alpha value is -2.29. The van der Waals surface area contributed by atoms with Crippen molar-refractivity contribution in [2.45, 2.75) is 40.2 Å². The quantitative estimate of drug-likeness (QED) is 0.629. The zero-order valence-electron chi connectivity index (χ0n) is 19.7. The lowest BCUT2D eigenvalue weighted by Crippen LogP contribution is -2.39. The number of aliphatic imine (C=N–C) groups is 1. The third kappa shape index (κ3) is 4.83. The molecule has 4 heterocycles. The summed E-state index contributed by atoms with van der Waals surface area (Å²) in [6.45, 7) is 11.4. The molecule has 176 valence electrons. The summed E-state index contributed by atoms with van der Waals surface area (Å²) < 4.78 is 8.40. The molecule has 2 unspecified atom stereocenters. The molecule has 0 aromatic carbocycles. The molecule has 0 bridgehead atoms. The lowest BCUT2D eigenvalue weighted by molar-refractivity contribution is -0.120. The fraction of sp³-hybridized carbons (Fsp3) is 0.480. The lowest BCUT2D eigenvalue weighted by atomic mass is 9.94. The van der Waals surface area contributed by atoms with E-state index in [1.807, 2.05) is 43.5 Å². The maximum Gasteiger partial charge on any atom is 0.268 e. The molecule has 2 aromatic heterocycles. The summed E-state index contributed by atoms with van der Waals surface area (Å²) in [5, 5.41) is 3.01. The number of nitrogens with zero attached hydrogens (tertiary/aromatic N) is 3. The summed E-state index contributed by atoms with van der Waals surface area (Å²) in [7, 11) is 0. The van der Waals surface area contributed by atoms with Gasteiger partial charge in [0.1, 0.15) is 5.69 Å². The second kappa shape index (κ2) is 9.91. The van der Waals surface area contributed by atoms with Gasteiger partial charge in [-0.25, -0.2) is 4.99 Å². The Labute approximate surface area is 203 Å². The zero-order valence-corrected chi connectivity index (χ0v) is 21.2. The molecule has 7 nitrogen and oxygen atoms in total. The van der Waals surface area contributed by atoms with E-state index in [4.69, 9.17) is 4.74 Å². The van der Waals surface area contributed by atoms with E-state index < -0.39 is 5.92 Å². The first-order chi connectivity index (χ1) is 15.8. The number of allylic oxidation sites excluding steroid dienone is 1. The molecule has 8 heteroatoms. The highest BCUT2D eigenvalue weighted by Gasteiger charge is 2.28. The van der Waals surface area contributed by atoms with E-state index in [0.717, 1.165) is 59.4 Å². The van der Waals surface area contributed by atoms with Crippen LogP contribution in [0.3, 0.4) is 0 Å². The van der Waals surface area contributed by atoms with Gasteiger partial charge >= 0.3 is 0 Å². The topological polar surface area (TPSA) is 75.4 Å². The number of hydrogen-bond donors (Lipinski definition) is 1. The predicted octanol–water partition coefficient (Wildman–Crippen LogP) is 4.09. The Kier molecular flexibility index (Phi) is 7.16. The highest BCUT2D eigenvalue weighted by Crippen LogP contribution is 2.32. The molecule has 2 aliphatic heterocycles. The van der Waals surface area contributed by atoms with Gasteiger partial charge in [0.25, 0.3) is 11.8 Å². The number of hydrogen-bond acceptors (Lipinski definition) is 4. The maximum absolute atomic E-state index is 13.5. The minimum absolute atomic E-state index is 0.189. The number of morpholine rings is 1. The molecule has 2 atom stereocenters. The van der Waals surface area contributed by atoms with E-state index >= 15 is 0 Å². The van der Waals surface area contributed by atoms with Crippen molar-refractivity contribution in [1.82, 2.24) is 14.6 Å². The fourth-order valence-corrected chi connectivity index (χ4v) is 5.40. The number of dihydropyridines is 1. The van der Waals surface area contributed by atoms with Gasteiger partial charge in [0.2, 0.25) is 0 Å². The van der Waals surface area contributed by atoms with Crippen molar-refractivity contribution in [2.75, 3.05) is 32.8 Å². The van der Waals surface area contributed by atoms with Gasteiger partial charge in [0.05, 0.1) is 19.1 Å². The highest BCUT2D eigenvalue weighted by atomic mass is 79.9. The van der Waals surface area contributed by atoms with Crippen LogP contribution in [-0.4, -0.2) is 59.7 Å². The molecule has 4 rings (SSSR count). The number of fused-ring (bicyclic) bond motifs is 1. The third-order valence-electron chi connectivity index (χ3n) is 6.63. The number of carbonyl (C=O) groups excluding carboxylic acids is 2. The first kappa shape index (κ1) is 23.9. The third-order valence-corrected chi connectivity index (χ3v) is 7.07. The molecule has 1 saturated heterocycles. The minimum Gasteiger partial charge on any atom is -0.379 e. The molecule has 2 amide bonds. The number of amides is 2. The van der Waals surface area contributed by atoms with E-state index in [-0.39, 0.29) is 24.4 Å². The number of carbonyl (C=O) groups is 2. The number of rotatable bonds is 6. The highest BCUT2D eigenvalue weighted by molar-refractivity contribution is 9.10. The minimum atomic E-state index is -0.426. The normalized spacial score (nSPS) is 20.5. The van der Waals surface area contributed by atoms with Crippen LogP contribution in [0.1, 0.15) is 54.8 Å². The van der Waals surface area contributed by atoms with Crippen LogP contribution in [0, 0.1) is 12.8 Å². The fourth-order valence-electron chi connectivity index (χ4n) is 4.96. The Morgan fingerprint density at radius 1 is 1.27 bits per heavy atom. The van der Waals surface area contributed by atoms with Crippen LogP contribution in [0.5, 0.6) is 0 Å². The smallest absolute Gasteiger partial charge is 0.268 e.